The molecule has 6 heteroatoms. The smallest absolute Gasteiger partial charge is 0.254 e. The predicted molar refractivity (Wildman–Crippen MR) is 102 cm³/mol. The Morgan fingerprint density at radius 2 is 2.15 bits per heavy atom. The van der Waals surface area contributed by atoms with Crippen molar-refractivity contribution in [2.45, 2.75) is 19.4 Å². The van der Waals surface area contributed by atoms with Gasteiger partial charge in [0.2, 0.25) is 0 Å². The van der Waals surface area contributed by atoms with Gasteiger partial charge in [-0.15, -0.1) is 0 Å². The molecular formula is C20H25N3O2S. The van der Waals surface area contributed by atoms with Crippen LogP contribution in [0.4, 0.5) is 0 Å². The Morgan fingerprint density at radius 3 is 2.88 bits per heavy atom. The second-order valence-corrected chi connectivity index (χ2v) is 8.21. The zero-order chi connectivity index (χ0) is 17.8. The molecule has 0 aliphatic carbocycles. The molecule has 26 heavy (non-hydrogen) atoms. The Hall–Kier alpha value is -1.76. The molecule has 0 atom stereocenters. The van der Waals surface area contributed by atoms with Gasteiger partial charge >= 0.3 is 0 Å². The first kappa shape index (κ1) is 17.6. The van der Waals surface area contributed by atoms with Gasteiger partial charge < -0.3 is 9.64 Å². The van der Waals surface area contributed by atoms with E-state index in [9.17, 15) is 4.79 Å². The van der Waals surface area contributed by atoms with Crippen molar-refractivity contribution >= 4 is 17.2 Å². The Morgan fingerprint density at radius 1 is 1.27 bits per heavy atom. The van der Waals surface area contributed by atoms with Crippen molar-refractivity contribution in [3.05, 3.63) is 52.5 Å². The highest BCUT2D eigenvalue weighted by atomic mass is 32.1. The molecule has 0 N–H and O–H groups in total. The minimum atomic E-state index is 0.157. The van der Waals surface area contributed by atoms with Gasteiger partial charge in [-0.3, -0.25) is 14.7 Å². The van der Waals surface area contributed by atoms with Crippen LogP contribution in [-0.4, -0.2) is 60.1 Å². The van der Waals surface area contributed by atoms with Crippen LogP contribution in [0.25, 0.3) is 0 Å². The summed E-state index contributed by atoms with van der Waals surface area (Å²) in [4.78, 5) is 21.3. The fraction of sp³-hybridized carbons (Fsp3) is 0.500. The second kappa shape index (κ2) is 7.86. The first-order valence-electron chi connectivity index (χ1n) is 9.25. The number of pyridine rings is 1. The van der Waals surface area contributed by atoms with Gasteiger partial charge in [-0.25, -0.2) is 0 Å². The lowest BCUT2D eigenvalue weighted by Gasteiger charge is -2.42. The van der Waals surface area contributed by atoms with Gasteiger partial charge in [0, 0.05) is 55.9 Å². The molecule has 4 rings (SSSR count). The van der Waals surface area contributed by atoms with Gasteiger partial charge in [0.1, 0.15) is 0 Å². The fourth-order valence-corrected chi connectivity index (χ4v) is 4.65. The van der Waals surface area contributed by atoms with Crippen molar-refractivity contribution in [2.24, 2.45) is 5.41 Å². The summed E-state index contributed by atoms with van der Waals surface area (Å²) in [5.74, 6) is 0.169. The molecule has 2 saturated heterocycles. The molecule has 2 aromatic rings. The summed E-state index contributed by atoms with van der Waals surface area (Å²) in [5.41, 5.74) is 2.22. The van der Waals surface area contributed by atoms with Crippen LogP contribution in [0.3, 0.4) is 0 Å². The lowest BCUT2D eigenvalue weighted by molar-refractivity contribution is 0.0145. The summed E-state index contributed by atoms with van der Waals surface area (Å²) in [7, 11) is 0. The molecule has 0 saturated carbocycles. The first-order valence-corrected chi connectivity index (χ1v) is 10.2. The topological polar surface area (TPSA) is 45.7 Å². The summed E-state index contributed by atoms with van der Waals surface area (Å²) in [6.07, 6.45) is 5.77. The lowest BCUT2D eigenvalue weighted by atomic mass is 9.78. The summed E-state index contributed by atoms with van der Waals surface area (Å²) >= 11 is 1.58. The number of likely N-dealkylation sites (tertiary alicyclic amines) is 1. The van der Waals surface area contributed by atoms with Gasteiger partial charge in [-0.2, -0.15) is 11.3 Å². The molecule has 4 heterocycles. The maximum Gasteiger partial charge on any atom is 0.254 e. The van der Waals surface area contributed by atoms with E-state index in [1.165, 1.54) is 5.56 Å². The van der Waals surface area contributed by atoms with Crippen LogP contribution >= 0.6 is 11.3 Å². The summed E-state index contributed by atoms with van der Waals surface area (Å²) in [5, 5.41) is 3.91. The van der Waals surface area contributed by atoms with Gasteiger partial charge in [0.25, 0.3) is 5.91 Å². The number of thiophene rings is 1. The summed E-state index contributed by atoms with van der Waals surface area (Å²) < 4.78 is 5.96. The van der Waals surface area contributed by atoms with Gasteiger partial charge in [0.15, 0.2) is 0 Å². The van der Waals surface area contributed by atoms with E-state index in [0.717, 1.165) is 64.3 Å². The fourth-order valence-electron chi connectivity index (χ4n) is 4.02. The quantitative estimate of drug-likeness (QED) is 0.832. The highest BCUT2D eigenvalue weighted by molar-refractivity contribution is 7.08. The van der Waals surface area contributed by atoms with Crippen molar-refractivity contribution in [1.82, 2.24) is 14.8 Å². The standard InChI is InChI=1S/C20H25N3O2S/c24-19(18-3-11-26-14-18)23-7-4-20(5-8-23)15-22(9-10-25-16-20)13-17-2-1-6-21-12-17/h1-3,6,11-12,14H,4-5,7-10,13,15-16H2. The average molecular weight is 372 g/mol. The Bertz CT molecular complexity index is 712. The lowest BCUT2D eigenvalue weighted by Crippen LogP contribution is -2.48. The molecule has 2 fully saturated rings. The van der Waals surface area contributed by atoms with E-state index in [1.807, 2.05) is 40.2 Å². The molecule has 1 amide bonds. The van der Waals surface area contributed by atoms with Gasteiger partial charge in [-0.1, -0.05) is 6.07 Å². The monoisotopic (exact) mass is 371 g/mol. The molecule has 0 radical (unpaired) electrons. The predicted octanol–water partition coefficient (Wildman–Crippen LogP) is 2.90. The molecule has 0 unspecified atom stereocenters. The number of piperidine rings is 1. The minimum absolute atomic E-state index is 0.157. The van der Waals surface area contributed by atoms with Crippen LogP contribution in [0.5, 0.6) is 0 Å². The first-order chi connectivity index (χ1) is 12.7. The number of rotatable bonds is 3. The molecule has 2 aromatic heterocycles. The third kappa shape index (κ3) is 3.98. The van der Waals surface area contributed by atoms with Crippen LogP contribution in [-0.2, 0) is 11.3 Å². The number of hydrogen-bond donors (Lipinski definition) is 0. The third-order valence-electron chi connectivity index (χ3n) is 5.53. The molecule has 0 aromatic carbocycles. The van der Waals surface area contributed by atoms with E-state index in [0.29, 0.717) is 0 Å². The van der Waals surface area contributed by atoms with Gasteiger partial charge in [-0.05, 0) is 35.9 Å². The molecule has 138 valence electrons. The number of ether oxygens (including phenoxy) is 1. The van der Waals surface area contributed by atoms with E-state index in [1.54, 1.807) is 11.3 Å². The third-order valence-corrected chi connectivity index (χ3v) is 6.21. The molecule has 2 aliphatic rings. The van der Waals surface area contributed by atoms with Crippen molar-refractivity contribution in [3.8, 4) is 0 Å². The largest absolute Gasteiger partial charge is 0.379 e. The average Bonchev–Trinajstić information content (AvgIpc) is 3.14. The number of carbonyl (C=O) groups is 1. The number of nitrogens with zero attached hydrogens (tertiary/aromatic N) is 3. The SMILES string of the molecule is O=C(c1ccsc1)N1CCC2(CC1)COCCN(Cc1cccnc1)C2. The van der Waals surface area contributed by atoms with E-state index in [2.05, 4.69) is 16.0 Å². The Kier molecular flexibility index (Phi) is 5.33. The molecule has 1 spiro atoms. The number of carbonyl (C=O) groups excluding carboxylic acids is 1. The van der Waals surface area contributed by atoms with Crippen molar-refractivity contribution in [1.29, 1.82) is 0 Å². The maximum absolute atomic E-state index is 12.6. The number of aromatic nitrogens is 1. The molecular weight excluding hydrogens is 346 g/mol. The maximum atomic E-state index is 12.6. The normalized spacial score (nSPS) is 20.8. The van der Waals surface area contributed by atoms with Crippen LogP contribution in [0.1, 0.15) is 28.8 Å². The van der Waals surface area contributed by atoms with Crippen LogP contribution in [0.15, 0.2) is 41.4 Å². The number of hydrogen-bond acceptors (Lipinski definition) is 5. The van der Waals surface area contributed by atoms with Crippen molar-refractivity contribution in [2.75, 3.05) is 39.4 Å². The zero-order valence-corrected chi connectivity index (χ0v) is 15.8. The zero-order valence-electron chi connectivity index (χ0n) is 15.0. The highest BCUT2D eigenvalue weighted by Crippen LogP contribution is 2.35. The van der Waals surface area contributed by atoms with Crippen molar-refractivity contribution < 1.29 is 9.53 Å². The van der Waals surface area contributed by atoms with Crippen molar-refractivity contribution in [3.63, 3.8) is 0 Å². The van der Waals surface area contributed by atoms with Crippen LogP contribution in [0.2, 0.25) is 0 Å². The highest BCUT2D eigenvalue weighted by Gasteiger charge is 2.39. The van der Waals surface area contributed by atoms with E-state index < -0.39 is 0 Å². The molecule has 5 nitrogen and oxygen atoms in total. The second-order valence-electron chi connectivity index (χ2n) is 7.43. The molecule has 2 aliphatic heterocycles. The van der Waals surface area contributed by atoms with E-state index >= 15 is 0 Å². The van der Waals surface area contributed by atoms with Gasteiger partial charge in [0.05, 0.1) is 18.8 Å². The number of amides is 1. The summed E-state index contributed by atoms with van der Waals surface area (Å²) in [6, 6.07) is 6.04. The van der Waals surface area contributed by atoms with Crippen LogP contribution in [0, 0.1) is 5.41 Å². The molecule has 0 bridgehead atoms. The van der Waals surface area contributed by atoms with E-state index in [-0.39, 0.29) is 11.3 Å². The van der Waals surface area contributed by atoms with E-state index in [4.69, 9.17) is 4.74 Å². The van der Waals surface area contributed by atoms with Crippen LogP contribution < -0.4 is 0 Å². The minimum Gasteiger partial charge on any atom is -0.379 e. The summed E-state index contributed by atoms with van der Waals surface area (Å²) in [6.45, 7) is 6.11. The Labute approximate surface area is 158 Å². The Balaban J connectivity index is 1.39.